The van der Waals surface area contributed by atoms with Gasteiger partial charge in [0.1, 0.15) is 10.7 Å². The van der Waals surface area contributed by atoms with Crippen molar-refractivity contribution in [1.82, 2.24) is 9.62 Å². The van der Waals surface area contributed by atoms with Gasteiger partial charge in [0.05, 0.1) is 0 Å². The molecule has 0 unspecified atom stereocenters. The Morgan fingerprint density at radius 1 is 1.24 bits per heavy atom. The molecule has 1 N–H and O–H groups in total. The first-order valence-corrected chi connectivity index (χ1v) is 8.83. The van der Waals surface area contributed by atoms with Gasteiger partial charge in [0.15, 0.2) is 0 Å². The molecule has 0 saturated heterocycles. The topological polar surface area (TPSA) is 49.4 Å². The van der Waals surface area contributed by atoms with E-state index in [4.69, 9.17) is 0 Å². The van der Waals surface area contributed by atoms with Gasteiger partial charge in [-0.2, -0.15) is 0 Å². The van der Waals surface area contributed by atoms with Gasteiger partial charge in [-0.3, -0.25) is 0 Å². The van der Waals surface area contributed by atoms with Crippen LogP contribution in [0.2, 0.25) is 0 Å². The second kappa shape index (κ2) is 8.46. The van der Waals surface area contributed by atoms with E-state index in [0.29, 0.717) is 13.1 Å². The summed E-state index contributed by atoms with van der Waals surface area (Å²) in [7, 11) is -2.25. The molecular weight excluding hydrogens is 291 g/mol. The lowest BCUT2D eigenvalue weighted by atomic mass is 10.2. The average Bonchev–Trinajstić information content (AvgIpc) is 2.45. The predicted molar refractivity (Wildman–Crippen MR) is 83.1 cm³/mol. The van der Waals surface area contributed by atoms with Crippen LogP contribution in [0.3, 0.4) is 0 Å². The number of nitrogens with one attached hydrogen (secondary N) is 1. The fourth-order valence-electron chi connectivity index (χ4n) is 2.01. The van der Waals surface area contributed by atoms with Crippen molar-refractivity contribution in [2.75, 3.05) is 20.1 Å². The van der Waals surface area contributed by atoms with Crippen LogP contribution < -0.4 is 5.32 Å². The molecule has 0 bridgehead atoms. The fraction of sp³-hybridized carbons (Fsp3) is 0.600. The summed E-state index contributed by atoms with van der Waals surface area (Å²) in [5.41, 5.74) is 0.738. The quantitative estimate of drug-likeness (QED) is 0.713. The Hall–Kier alpha value is -0.980. The minimum atomic E-state index is -3.75. The first-order chi connectivity index (χ1) is 9.93. The Bertz CT molecular complexity index is 547. The van der Waals surface area contributed by atoms with Crippen LogP contribution in [0.4, 0.5) is 4.39 Å². The van der Waals surface area contributed by atoms with Crippen molar-refractivity contribution >= 4 is 10.0 Å². The van der Waals surface area contributed by atoms with E-state index in [1.165, 1.54) is 23.5 Å². The van der Waals surface area contributed by atoms with Crippen molar-refractivity contribution < 1.29 is 12.8 Å². The Labute approximate surface area is 127 Å². The van der Waals surface area contributed by atoms with Crippen LogP contribution in [-0.2, 0) is 16.6 Å². The van der Waals surface area contributed by atoms with Gasteiger partial charge in [-0.25, -0.2) is 17.1 Å². The zero-order chi connectivity index (χ0) is 15.9. The summed E-state index contributed by atoms with van der Waals surface area (Å²) in [6.45, 7) is 5.73. The van der Waals surface area contributed by atoms with Gasteiger partial charge in [-0.05, 0) is 30.7 Å². The van der Waals surface area contributed by atoms with Crippen LogP contribution in [0.25, 0.3) is 0 Å². The maximum Gasteiger partial charge on any atom is 0.245 e. The van der Waals surface area contributed by atoms with Gasteiger partial charge in [-0.15, -0.1) is 0 Å². The van der Waals surface area contributed by atoms with Crippen LogP contribution >= 0.6 is 0 Å². The molecule has 120 valence electrons. The lowest BCUT2D eigenvalue weighted by molar-refractivity contribution is 0.449. The minimum Gasteiger partial charge on any atom is -0.313 e. The highest BCUT2D eigenvalue weighted by Crippen LogP contribution is 2.20. The number of halogens is 1. The fourth-order valence-corrected chi connectivity index (χ4v) is 3.26. The van der Waals surface area contributed by atoms with E-state index in [0.717, 1.165) is 31.4 Å². The van der Waals surface area contributed by atoms with Crippen LogP contribution in [0.5, 0.6) is 0 Å². The zero-order valence-electron chi connectivity index (χ0n) is 13.0. The highest BCUT2D eigenvalue weighted by Gasteiger charge is 2.24. The van der Waals surface area contributed by atoms with Crippen LogP contribution in [-0.4, -0.2) is 32.9 Å². The molecular formula is C15H25FN2O2S. The van der Waals surface area contributed by atoms with E-state index in [-0.39, 0.29) is 4.90 Å². The number of hydrogen-bond donors (Lipinski definition) is 1. The van der Waals surface area contributed by atoms with Crippen LogP contribution in [0.1, 0.15) is 38.7 Å². The van der Waals surface area contributed by atoms with Gasteiger partial charge in [0.2, 0.25) is 10.0 Å². The van der Waals surface area contributed by atoms with Gasteiger partial charge in [0.25, 0.3) is 0 Å². The smallest absolute Gasteiger partial charge is 0.245 e. The number of unbranched alkanes of at least 4 members (excludes halogenated alkanes) is 2. The van der Waals surface area contributed by atoms with Crippen molar-refractivity contribution in [1.29, 1.82) is 0 Å². The SMILES string of the molecule is CCCCCN(C)S(=O)(=O)c1ccc(CNCC)cc1F. The maximum atomic E-state index is 14.1. The summed E-state index contributed by atoms with van der Waals surface area (Å²) in [5.74, 6) is -0.687. The minimum absolute atomic E-state index is 0.248. The molecule has 0 aromatic heterocycles. The lowest BCUT2D eigenvalue weighted by Crippen LogP contribution is -2.28. The summed E-state index contributed by atoms with van der Waals surface area (Å²) >= 11 is 0. The van der Waals surface area contributed by atoms with Crippen molar-refractivity contribution in [3.05, 3.63) is 29.6 Å². The molecule has 0 aliphatic carbocycles. The molecule has 0 amide bonds. The number of nitrogens with zero attached hydrogens (tertiary/aromatic N) is 1. The monoisotopic (exact) mass is 316 g/mol. The molecule has 0 fully saturated rings. The summed E-state index contributed by atoms with van der Waals surface area (Å²) in [5, 5.41) is 3.08. The maximum absolute atomic E-state index is 14.1. The second-order valence-corrected chi connectivity index (χ2v) is 7.09. The largest absolute Gasteiger partial charge is 0.313 e. The summed E-state index contributed by atoms with van der Waals surface area (Å²) in [4.78, 5) is -0.248. The molecule has 0 atom stereocenters. The summed E-state index contributed by atoms with van der Waals surface area (Å²) in [6.07, 6.45) is 2.76. The van der Waals surface area contributed by atoms with E-state index in [1.54, 1.807) is 6.07 Å². The molecule has 0 aliphatic heterocycles. The van der Waals surface area contributed by atoms with Gasteiger partial charge in [-0.1, -0.05) is 32.8 Å². The second-order valence-electron chi connectivity index (χ2n) is 5.08. The van der Waals surface area contributed by atoms with E-state index in [9.17, 15) is 12.8 Å². The van der Waals surface area contributed by atoms with Gasteiger partial charge < -0.3 is 5.32 Å². The zero-order valence-corrected chi connectivity index (χ0v) is 13.8. The number of rotatable bonds is 9. The number of benzene rings is 1. The molecule has 1 aromatic rings. The average molecular weight is 316 g/mol. The highest BCUT2D eigenvalue weighted by atomic mass is 32.2. The Balaban J connectivity index is 2.87. The Morgan fingerprint density at radius 3 is 2.52 bits per heavy atom. The standard InChI is InChI=1S/C15H25FN2O2S/c1-4-6-7-10-18(3)21(19,20)15-9-8-13(11-14(15)16)12-17-5-2/h8-9,11,17H,4-7,10,12H2,1-3H3. The molecule has 0 radical (unpaired) electrons. The summed E-state index contributed by atoms with van der Waals surface area (Å²) < 4.78 is 40.0. The first-order valence-electron chi connectivity index (χ1n) is 7.39. The van der Waals surface area contributed by atoms with Gasteiger partial charge >= 0.3 is 0 Å². The molecule has 1 aromatic carbocycles. The van der Waals surface area contributed by atoms with E-state index >= 15 is 0 Å². The Morgan fingerprint density at radius 2 is 1.95 bits per heavy atom. The van der Waals surface area contributed by atoms with Crippen molar-refractivity contribution in [3.63, 3.8) is 0 Å². The molecule has 6 heteroatoms. The first kappa shape index (κ1) is 18.1. The molecule has 0 heterocycles. The summed E-state index contributed by atoms with van der Waals surface area (Å²) in [6, 6.07) is 4.29. The third-order valence-electron chi connectivity index (χ3n) is 3.34. The highest BCUT2D eigenvalue weighted by molar-refractivity contribution is 7.89. The Kier molecular flexibility index (Phi) is 7.28. The lowest BCUT2D eigenvalue weighted by Gasteiger charge is -2.17. The van der Waals surface area contributed by atoms with Crippen molar-refractivity contribution in [3.8, 4) is 0 Å². The van der Waals surface area contributed by atoms with Gasteiger partial charge in [0, 0.05) is 20.1 Å². The van der Waals surface area contributed by atoms with Crippen LogP contribution in [0.15, 0.2) is 23.1 Å². The van der Waals surface area contributed by atoms with E-state index < -0.39 is 15.8 Å². The normalized spacial score (nSPS) is 12.0. The number of hydrogen-bond acceptors (Lipinski definition) is 3. The van der Waals surface area contributed by atoms with E-state index in [1.807, 2.05) is 6.92 Å². The van der Waals surface area contributed by atoms with Crippen molar-refractivity contribution in [2.24, 2.45) is 0 Å². The third-order valence-corrected chi connectivity index (χ3v) is 5.23. The van der Waals surface area contributed by atoms with Crippen molar-refractivity contribution in [2.45, 2.75) is 44.6 Å². The number of sulfonamides is 1. The third kappa shape index (κ3) is 5.05. The molecule has 21 heavy (non-hydrogen) atoms. The van der Waals surface area contributed by atoms with Crippen LogP contribution in [0, 0.1) is 5.82 Å². The molecule has 1 rings (SSSR count). The molecule has 0 aliphatic rings. The molecule has 0 spiro atoms. The predicted octanol–water partition coefficient (Wildman–Crippen LogP) is 2.75. The molecule has 0 saturated carbocycles. The van der Waals surface area contributed by atoms with E-state index in [2.05, 4.69) is 12.2 Å². The molecule has 4 nitrogen and oxygen atoms in total.